The standard InChI is InChI=1S/C15H20ClN3O2S/c1-12-3-2-7-19(11-12)8-6-18-22(20,21)15-5-4-13(10-17)9-14(15)16/h4-5,9,12,18H,2-3,6-8,11H2,1H3. The van der Waals surface area contributed by atoms with E-state index < -0.39 is 10.0 Å². The number of hydrogen-bond donors (Lipinski definition) is 1. The van der Waals surface area contributed by atoms with Crippen LogP contribution in [0.15, 0.2) is 23.1 Å². The van der Waals surface area contributed by atoms with E-state index in [0.717, 1.165) is 19.5 Å². The summed E-state index contributed by atoms with van der Waals surface area (Å²) in [5.74, 6) is 0.665. The van der Waals surface area contributed by atoms with Gasteiger partial charge in [-0.2, -0.15) is 5.26 Å². The van der Waals surface area contributed by atoms with Crippen LogP contribution in [0.2, 0.25) is 5.02 Å². The van der Waals surface area contributed by atoms with Crippen molar-refractivity contribution in [2.75, 3.05) is 26.2 Å². The molecule has 1 heterocycles. The molecule has 1 aromatic carbocycles. The zero-order valence-corrected chi connectivity index (χ0v) is 14.1. The number of piperidine rings is 1. The number of benzene rings is 1. The van der Waals surface area contributed by atoms with Gasteiger partial charge < -0.3 is 4.90 Å². The number of nitrogens with one attached hydrogen (secondary N) is 1. The number of rotatable bonds is 5. The van der Waals surface area contributed by atoms with Crippen molar-refractivity contribution in [3.8, 4) is 6.07 Å². The van der Waals surface area contributed by atoms with Crippen LogP contribution in [0.3, 0.4) is 0 Å². The van der Waals surface area contributed by atoms with Crippen LogP contribution < -0.4 is 4.72 Å². The number of sulfonamides is 1. The molecule has 22 heavy (non-hydrogen) atoms. The minimum Gasteiger partial charge on any atom is -0.302 e. The predicted molar refractivity (Wildman–Crippen MR) is 86.2 cm³/mol. The lowest BCUT2D eigenvalue weighted by Gasteiger charge is -2.30. The first-order valence-corrected chi connectivity index (χ1v) is 9.20. The highest BCUT2D eigenvalue weighted by molar-refractivity contribution is 7.89. The molecule has 1 saturated heterocycles. The van der Waals surface area contributed by atoms with Crippen molar-refractivity contribution in [3.63, 3.8) is 0 Å². The van der Waals surface area contributed by atoms with Gasteiger partial charge in [-0.3, -0.25) is 0 Å². The third kappa shape index (κ3) is 4.43. The molecule has 0 radical (unpaired) electrons. The Morgan fingerprint density at radius 3 is 2.91 bits per heavy atom. The molecule has 0 saturated carbocycles. The number of nitrogens with zero attached hydrogens (tertiary/aromatic N) is 2. The number of hydrogen-bond acceptors (Lipinski definition) is 4. The van der Waals surface area contributed by atoms with Crippen LogP contribution in [0, 0.1) is 17.2 Å². The minimum absolute atomic E-state index is 0.0141. The summed E-state index contributed by atoms with van der Waals surface area (Å²) in [7, 11) is -3.65. The van der Waals surface area contributed by atoms with Gasteiger partial charge in [-0.1, -0.05) is 18.5 Å². The topological polar surface area (TPSA) is 73.2 Å². The molecular formula is C15H20ClN3O2S. The summed E-state index contributed by atoms with van der Waals surface area (Å²) in [4.78, 5) is 2.29. The molecule has 1 unspecified atom stereocenters. The number of nitriles is 1. The van der Waals surface area contributed by atoms with Crippen molar-refractivity contribution in [2.24, 2.45) is 5.92 Å². The SMILES string of the molecule is CC1CCCN(CCNS(=O)(=O)c2ccc(C#N)cc2Cl)C1. The Kier molecular flexibility index (Phi) is 5.81. The molecule has 1 aromatic rings. The second-order valence-electron chi connectivity index (χ2n) is 5.70. The molecule has 1 aliphatic heterocycles. The Labute approximate surface area is 136 Å². The second kappa shape index (κ2) is 7.42. The summed E-state index contributed by atoms with van der Waals surface area (Å²) in [6.45, 7) is 5.29. The maximum atomic E-state index is 12.3. The van der Waals surface area contributed by atoms with Gasteiger partial charge in [-0.05, 0) is 43.5 Å². The highest BCUT2D eigenvalue weighted by atomic mass is 35.5. The fourth-order valence-electron chi connectivity index (χ4n) is 2.69. The summed E-state index contributed by atoms with van der Waals surface area (Å²) in [5, 5.41) is 8.85. The largest absolute Gasteiger partial charge is 0.302 e. The van der Waals surface area contributed by atoms with Gasteiger partial charge in [0.15, 0.2) is 0 Å². The van der Waals surface area contributed by atoms with Crippen LogP contribution in [0.25, 0.3) is 0 Å². The van der Waals surface area contributed by atoms with Gasteiger partial charge in [-0.25, -0.2) is 13.1 Å². The first-order valence-electron chi connectivity index (χ1n) is 7.34. The maximum absolute atomic E-state index is 12.3. The molecule has 1 atom stereocenters. The van der Waals surface area contributed by atoms with Crippen LogP contribution in [0.1, 0.15) is 25.3 Å². The third-order valence-electron chi connectivity index (χ3n) is 3.81. The number of likely N-dealkylation sites (tertiary alicyclic amines) is 1. The lowest BCUT2D eigenvalue weighted by Crippen LogP contribution is -2.40. The molecule has 2 rings (SSSR count). The van der Waals surface area contributed by atoms with Gasteiger partial charge in [0.25, 0.3) is 0 Å². The minimum atomic E-state index is -3.65. The average molecular weight is 342 g/mol. The van der Waals surface area contributed by atoms with E-state index in [1.165, 1.54) is 24.6 Å². The molecule has 7 heteroatoms. The van der Waals surface area contributed by atoms with Crippen LogP contribution in [-0.4, -0.2) is 39.5 Å². The van der Waals surface area contributed by atoms with Crippen molar-refractivity contribution in [3.05, 3.63) is 28.8 Å². The molecule has 120 valence electrons. The monoisotopic (exact) mass is 341 g/mol. The Morgan fingerprint density at radius 1 is 1.50 bits per heavy atom. The molecule has 1 fully saturated rings. The summed E-state index contributed by atoms with van der Waals surface area (Å²) >= 11 is 5.96. The summed E-state index contributed by atoms with van der Waals surface area (Å²) < 4.78 is 27.1. The molecule has 1 N–H and O–H groups in total. The number of halogens is 1. The lowest BCUT2D eigenvalue weighted by molar-refractivity contribution is 0.187. The van der Waals surface area contributed by atoms with Gasteiger partial charge in [0.1, 0.15) is 4.90 Å². The van der Waals surface area contributed by atoms with E-state index in [1.807, 2.05) is 6.07 Å². The van der Waals surface area contributed by atoms with Crippen LogP contribution in [0.4, 0.5) is 0 Å². The average Bonchev–Trinajstić information content (AvgIpc) is 2.46. The van der Waals surface area contributed by atoms with Gasteiger partial charge >= 0.3 is 0 Å². The van der Waals surface area contributed by atoms with E-state index in [9.17, 15) is 8.42 Å². The van der Waals surface area contributed by atoms with Crippen LogP contribution in [0.5, 0.6) is 0 Å². The molecule has 0 aromatic heterocycles. The normalized spacial score (nSPS) is 19.8. The van der Waals surface area contributed by atoms with Crippen molar-refractivity contribution in [1.29, 1.82) is 5.26 Å². The van der Waals surface area contributed by atoms with Crippen LogP contribution >= 0.6 is 11.6 Å². The van der Waals surface area contributed by atoms with E-state index in [-0.39, 0.29) is 9.92 Å². The summed E-state index contributed by atoms with van der Waals surface area (Å²) in [6, 6.07) is 6.11. The predicted octanol–water partition coefficient (Wildman–Crippen LogP) is 2.22. The van der Waals surface area contributed by atoms with Crippen molar-refractivity contribution in [1.82, 2.24) is 9.62 Å². The fourth-order valence-corrected chi connectivity index (χ4v) is 4.26. The first kappa shape index (κ1) is 17.2. The quantitative estimate of drug-likeness (QED) is 0.891. The second-order valence-corrected chi connectivity index (χ2v) is 7.85. The molecule has 0 amide bonds. The first-order chi connectivity index (χ1) is 10.4. The van der Waals surface area contributed by atoms with E-state index in [0.29, 0.717) is 24.6 Å². The Balaban J connectivity index is 1.95. The van der Waals surface area contributed by atoms with E-state index >= 15 is 0 Å². The van der Waals surface area contributed by atoms with Gasteiger partial charge in [-0.15, -0.1) is 0 Å². The third-order valence-corrected chi connectivity index (χ3v) is 5.76. The lowest BCUT2D eigenvalue weighted by atomic mass is 10.0. The van der Waals surface area contributed by atoms with Gasteiger partial charge in [0.2, 0.25) is 10.0 Å². The molecule has 0 aliphatic carbocycles. The Hall–Kier alpha value is -1.13. The Bertz CT molecular complexity index is 670. The van der Waals surface area contributed by atoms with Crippen molar-refractivity contribution in [2.45, 2.75) is 24.7 Å². The maximum Gasteiger partial charge on any atom is 0.242 e. The van der Waals surface area contributed by atoms with Gasteiger partial charge in [0, 0.05) is 19.6 Å². The highest BCUT2D eigenvalue weighted by Crippen LogP contribution is 2.22. The molecule has 0 bridgehead atoms. The van der Waals surface area contributed by atoms with Gasteiger partial charge in [0.05, 0.1) is 16.7 Å². The van der Waals surface area contributed by atoms with E-state index in [2.05, 4.69) is 16.5 Å². The molecule has 5 nitrogen and oxygen atoms in total. The zero-order chi connectivity index (χ0) is 16.2. The zero-order valence-electron chi connectivity index (χ0n) is 12.5. The van der Waals surface area contributed by atoms with E-state index in [4.69, 9.17) is 16.9 Å². The molecular weight excluding hydrogens is 322 g/mol. The smallest absolute Gasteiger partial charge is 0.242 e. The van der Waals surface area contributed by atoms with Crippen molar-refractivity contribution >= 4 is 21.6 Å². The summed E-state index contributed by atoms with van der Waals surface area (Å²) in [6.07, 6.45) is 2.40. The summed E-state index contributed by atoms with van der Waals surface area (Å²) in [5.41, 5.74) is 0.339. The van der Waals surface area contributed by atoms with Crippen LogP contribution in [-0.2, 0) is 10.0 Å². The highest BCUT2D eigenvalue weighted by Gasteiger charge is 2.20. The fraction of sp³-hybridized carbons (Fsp3) is 0.533. The molecule has 0 spiro atoms. The Morgan fingerprint density at radius 2 is 2.27 bits per heavy atom. The van der Waals surface area contributed by atoms with Crippen molar-refractivity contribution < 1.29 is 8.42 Å². The van der Waals surface area contributed by atoms with E-state index in [1.54, 1.807) is 0 Å². The molecule has 1 aliphatic rings.